The number of aliphatic hydroxyl groups excluding tert-OH is 1. The van der Waals surface area contributed by atoms with Crippen LogP contribution in [-0.2, 0) is 4.79 Å². The highest BCUT2D eigenvalue weighted by Crippen LogP contribution is 2.35. The van der Waals surface area contributed by atoms with Crippen molar-refractivity contribution in [2.45, 2.75) is 77.0 Å². The van der Waals surface area contributed by atoms with Crippen LogP contribution in [0, 0.1) is 5.92 Å². The summed E-state index contributed by atoms with van der Waals surface area (Å²) in [6, 6.07) is 7.68. The predicted octanol–water partition coefficient (Wildman–Crippen LogP) is 4.78. The summed E-state index contributed by atoms with van der Waals surface area (Å²) in [5, 5.41) is 14.0. The van der Waals surface area contributed by atoms with Crippen molar-refractivity contribution in [1.82, 2.24) is 5.01 Å². The Kier molecular flexibility index (Phi) is 7.11. The van der Waals surface area contributed by atoms with Gasteiger partial charge in [0.1, 0.15) is 0 Å². The Morgan fingerprint density at radius 2 is 1.81 bits per heavy atom. The van der Waals surface area contributed by atoms with Crippen molar-refractivity contribution < 1.29 is 14.3 Å². The number of carbonyl (C=O) groups excluding carboxylic acids is 1. The molecule has 2 unspecified atom stereocenters. The predicted molar refractivity (Wildman–Crippen MR) is 106 cm³/mol. The van der Waals surface area contributed by atoms with Crippen LogP contribution in [0.1, 0.15) is 76.4 Å². The Hall–Kier alpha value is -1.62. The van der Waals surface area contributed by atoms with E-state index in [1.807, 2.05) is 24.3 Å². The monoisotopic (exact) mass is 376 g/mol. The second kappa shape index (κ2) is 9.54. The second-order valence-electron chi connectivity index (χ2n) is 8.01. The van der Waals surface area contributed by atoms with E-state index in [0.29, 0.717) is 12.5 Å². The third-order valence-corrected chi connectivity index (χ3v) is 6.00. The molecule has 0 aromatic heterocycles. The van der Waals surface area contributed by atoms with Crippen molar-refractivity contribution in [3.63, 3.8) is 0 Å². The summed E-state index contributed by atoms with van der Waals surface area (Å²) in [5.74, 6) is -0.0962. The summed E-state index contributed by atoms with van der Waals surface area (Å²) >= 11 is 0. The van der Waals surface area contributed by atoms with E-state index in [2.05, 4.69) is 6.92 Å². The van der Waals surface area contributed by atoms with Gasteiger partial charge in [0, 0.05) is 6.54 Å². The molecule has 0 spiro atoms. The second-order valence-corrected chi connectivity index (χ2v) is 8.01. The molecule has 1 aliphatic heterocycles. The van der Waals surface area contributed by atoms with Gasteiger partial charge in [0.2, 0.25) is 0 Å². The van der Waals surface area contributed by atoms with Crippen molar-refractivity contribution in [1.29, 1.82) is 0 Å². The molecule has 2 aliphatic rings. The zero-order valence-corrected chi connectivity index (χ0v) is 16.4. The molecule has 1 saturated carbocycles. The molecule has 4 nitrogen and oxygen atoms in total. The van der Waals surface area contributed by atoms with Gasteiger partial charge in [-0.1, -0.05) is 57.6 Å². The minimum atomic E-state index is -1.45. The van der Waals surface area contributed by atoms with Gasteiger partial charge in [0.25, 0.3) is 5.91 Å². The summed E-state index contributed by atoms with van der Waals surface area (Å²) in [6.07, 6.45) is 8.14. The van der Waals surface area contributed by atoms with Gasteiger partial charge in [-0.2, -0.15) is 0 Å². The van der Waals surface area contributed by atoms with E-state index in [-0.39, 0.29) is 6.54 Å². The van der Waals surface area contributed by atoms with Gasteiger partial charge in [0.05, 0.1) is 18.3 Å². The molecule has 5 heteroatoms. The minimum Gasteiger partial charge on any atom is -0.388 e. The van der Waals surface area contributed by atoms with Crippen LogP contribution in [0.5, 0.6) is 0 Å². The van der Waals surface area contributed by atoms with E-state index >= 15 is 0 Å². The Morgan fingerprint density at radius 3 is 2.48 bits per heavy atom. The largest absolute Gasteiger partial charge is 0.388 e. The maximum absolute atomic E-state index is 14.1. The van der Waals surface area contributed by atoms with Gasteiger partial charge in [0.15, 0.2) is 6.17 Å². The van der Waals surface area contributed by atoms with E-state index in [0.717, 1.165) is 49.8 Å². The van der Waals surface area contributed by atoms with Gasteiger partial charge in [-0.3, -0.25) is 14.8 Å². The zero-order valence-electron chi connectivity index (χ0n) is 16.4. The highest BCUT2D eigenvalue weighted by atomic mass is 19.1. The molecule has 3 rings (SSSR count). The Bertz CT molecular complexity index is 601. The summed E-state index contributed by atoms with van der Waals surface area (Å²) in [4.78, 5) is 12.2. The third-order valence-electron chi connectivity index (χ3n) is 6.00. The van der Waals surface area contributed by atoms with E-state index in [9.17, 15) is 14.3 Å². The molecule has 1 heterocycles. The summed E-state index contributed by atoms with van der Waals surface area (Å²) in [6.45, 7) is 2.79. The lowest BCUT2D eigenvalue weighted by atomic mass is 9.83. The number of halogens is 1. The summed E-state index contributed by atoms with van der Waals surface area (Å²) in [7, 11) is 0. The number of hydrogen-bond donors (Lipinski definition) is 1. The van der Waals surface area contributed by atoms with Crippen molar-refractivity contribution in [3.05, 3.63) is 29.8 Å². The van der Waals surface area contributed by atoms with Crippen molar-refractivity contribution in [2.24, 2.45) is 5.92 Å². The molecule has 0 radical (unpaired) electrons. The Labute approximate surface area is 162 Å². The van der Waals surface area contributed by atoms with Crippen LogP contribution in [0.3, 0.4) is 0 Å². The number of amides is 1. The number of anilines is 1. The van der Waals surface area contributed by atoms with E-state index in [4.69, 9.17) is 0 Å². The van der Waals surface area contributed by atoms with E-state index in [1.54, 1.807) is 10.0 Å². The number of nitrogens with zero attached hydrogens (tertiary/aromatic N) is 2. The van der Waals surface area contributed by atoms with Crippen LogP contribution in [0.2, 0.25) is 0 Å². The molecule has 1 saturated heterocycles. The molecule has 2 atom stereocenters. The first-order chi connectivity index (χ1) is 13.1. The molecule has 1 aromatic rings. The molecule has 150 valence electrons. The number of unbranched alkanes of at least 4 members (excludes halogenated alkanes) is 3. The maximum Gasteiger partial charge on any atom is 0.277 e. The van der Waals surface area contributed by atoms with Gasteiger partial charge in [-0.15, -0.1) is 0 Å². The van der Waals surface area contributed by atoms with Crippen LogP contribution in [0.25, 0.3) is 0 Å². The molecule has 1 aromatic carbocycles. The van der Waals surface area contributed by atoms with Gasteiger partial charge < -0.3 is 5.11 Å². The van der Waals surface area contributed by atoms with Crippen molar-refractivity contribution in [3.8, 4) is 0 Å². The topological polar surface area (TPSA) is 43.8 Å². The number of alkyl halides is 1. The SMILES string of the molecule is CCCCCCN1C(=O)C(F)CN1c1ccc(C(O)C2CCCCC2)cc1. The number of hydrazine groups is 1. The normalized spacial score (nSPS) is 22.5. The first-order valence-corrected chi connectivity index (χ1v) is 10.6. The minimum absolute atomic E-state index is 0.0805. The van der Waals surface area contributed by atoms with Crippen LogP contribution < -0.4 is 5.01 Å². The third kappa shape index (κ3) is 4.81. The average molecular weight is 377 g/mol. The number of hydrogen-bond acceptors (Lipinski definition) is 3. The fourth-order valence-corrected chi connectivity index (χ4v) is 4.34. The highest BCUT2D eigenvalue weighted by Gasteiger charge is 2.38. The standard InChI is InChI=1S/C22H33FN2O2/c1-2-3-4-8-15-24-22(27)20(23)16-25(24)19-13-11-18(12-14-19)21(26)17-9-6-5-7-10-17/h11-14,17,20-21,26H,2-10,15-16H2,1H3. The number of benzene rings is 1. The van der Waals surface area contributed by atoms with Crippen LogP contribution >= 0.6 is 0 Å². The van der Waals surface area contributed by atoms with Crippen LogP contribution in [0.15, 0.2) is 24.3 Å². The molecule has 27 heavy (non-hydrogen) atoms. The van der Waals surface area contributed by atoms with E-state index < -0.39 is 18.2 Å². The first-order valence-electron chi connectivity index (χ1n) is 10.6. The number of carbonyl (C=O) groups is 1. The highest BCUT2D eigenvalue weighted by molar-refractivity contribution is 5.86. The maximum atomic E-state index is 14.1. The quantitative estimate of drug-likeness (QED) is 0.664. The van der Waals surface area contributed by atoms with Crippen LogP contribution in [0.4, 0.5) is 10.1 Å². The lowest BCUT2D eigenvalue weighted by Crippen LogP contribution is -2.40. The van der Waals surface area contributed by atoms with E-state index in [1.165, 1.54) is 19.3 Å². The lowest BCUT2D eigenvalue weighted by molar-refractivity contribution is -0.132. The Balaban J connectivity index is 1.65. The average Bonchev–Trinajstić information content (AvgIpc) is 3.00. The van der Waals surface area contributed by atoms with Crippen molar-refractivity contribution in [2.75, 3.05) is 18.1 Å². The number of aliphatic hydroxyl groups is 1. The zero-order chi connectivity index (χ0) is 19.2. The molecule has 2 fully saturated rings. The molecule has 1 amide bonds. The fraction of sp³-hybridized carbons (Fsp3) is 0.682. The molecular weight excluding hydrogens is 343 g/mol. The summed E-state index contributed by atoms with van der Waals surface area (Å²) in [5.41, 5.74) is 1.74. The lowest BCUT2D eigenvalue weighted by Gasteiger charge is -2.30. The van der Waals surface area contributed by atoms with Gasteiger partial charge in [-0.25, -0.2) is 4.39 Å². The summed E-state index contributed by atoms with van der Waals surface area (Å²) < 4.78 is 14.1. The molecular formula is C22H33FN2O2. The molecule has 0 bridgehead atoms. The van der Waals surface area contributed by atoms with Crippen LogP contribution in [-0.4, -0.2) is 35.3 Å². The van der Waals surface area contributed by atoms with Crippen molar-refractivity contribution >= 4 is 11.6 Å². The van der Waals surface area contributed by atoms with Gasteiger partial charge >= 0.3 is 0 Å². The first kappa shape index (κ1) is 20.1. The molecule has 1 aliphatic carbocycles. The fourth-order valence-electron chi connectivity index (χ4n) is 4.34. The number of rotatable bonds is 8. The smallest absolute Gasteiger partial charge is 0.277 e. The Morgan fingerprint density at radius 1 is 1.11 bits per heavy atom. The molecule has 1 N–H and O–H groups in total. The van der Waals surface area contributed by atoms with Gasteiger partial charge in [-0.05, 0) is 42.9 Å².